The molecule has 0 bridgehead atoms. The zero-order valence-corrected chi connectivity index (χ0v) is 21.5. The molecular formula is C25H31ClF4N10. The number of H-pyrrole nitrogens is 2. The first-order valence-electron chi connectivity index (χ1n) is 12.6. The number of nitrogens with zero attached hydrogens (tertiary/aromatic N) is 5. The Morgan fingerprint density at radius 3 is 1.90 bits per heavy atom. The molecule has 10 nitrogen and oxygen atoms in total. The molecule has 0 amide bonds. The zero-order chi connectivity index (χ0) is 27.3. The maximum Gasteiger partial charge on any atom is 0.279 e. The van der Waals surface area contributed by atoms with Crippen LogP contribution >= 0.6 is 11.6 Å². The third kappa shape index (κ3) is 4.66. The van der Waals surface area contributed by atoms with E-state index in [2.05, 4.69) is 45.9 Å². The van der Waals surface area contributed by atoms with Crippen LogP contribution in [-0.4, -0.2) is 92.1 Å². The number of fused-ring (bicyclic) bond motifs is 2. The highest BCUT2D eigenvalue weighted by atomic mass is 35.5. The fraction of sp³-hybridized carbons (Fsp3) is 0.520. The van der Waals surface area contributed by atoms with Crippen molar-refractivity contribution >= 4 is 39.5 Å². The summed E-state index contributed by atoms with van der Waals surface area (Å²) >= 11 is 5.73. The average Bonchev–Trinajstić information content (AvgIpc) is 3.74. The first kappa shape index (κ1) is 28.5. The molecule has 15 heteroatoms. The van der Waals surface area contributed by atoms with Gasteiger partial charge in [0.25, 0.3) is 11.8 Å². The SMILES string of the molecule is C.Clc1ncnc2[nH]ccc12.FC1(F)CNC12CCN(c1ncnc3[nH]ccc13)C2.FC1(F)CNC12CCNC2. The predicted molar refractivity (Wildman–Crippen MR) is 145 cm³/mol. The molecule has 8 rings (SSSR count). The predicted octanol–water partition coefficient (Wildman–Crippen LogP) is 3.35. The van der Waals surface area contributed by atoms with E-state index in [-0.39, 0.29) is 27.1 Å². The molecular weight excluding hydrogens is 552 g/mol. The van der Waals surface area contributed by atoms with Gasteiger partial charge in [0.05, 0.1) is 29.4 Å². The molecule has 4 fully saturated rings. The number of hydrogen-bond acceptors (Lipinski definition) is 8. The fourth-order valence-electron chi connectivity index (χ4n) is 5.48. The van der Waals surface area contributed by atoms with Crippen molar-refractivity contribution < 1.29 is 17.6 Å². The monoisotopic (exact) mass is 582 g/mol. The second kappa shape index (κ2) is 10.4. The zero-order valence-electron chi connectivity index (χ0n) is 20.7. The summed E-state index contributed by atoms with van der Waals surface area (Å²) in [5, 5.41) is 10.9. The topological polar surface area (TPSA) is 122 Å². The van der Waals surface area contributed by atoms with Gasteiger partial charge >= 0.3 is 0 Å². The fourth-order valence-corrected chi connectivity index (χ4v) is 5.68. The van der Waals surface area contributed by atoms with E-state index in [9.17, 15) is 17.6 Å². The normalized spacial score (nSPS) is 27.4. The molecule has 4 aliphatic rings. The lowest BCUT2D eigenvalue weighted by Gasteiger charge is -2.47. The van der Waals surface area contributed by atoms with E-state index in [1.807, 2.05) is 17.0 Å². The Morgan fingerprint density at radius 2 is 1.40 bits per heavy atom. The second-order valence-corrected chi connectivity index (χ2v) is 10.6. The molecule has 0 saturated carbocycles. The molecule has 8 heterocycles. The number of alkyl halides is 4. The van der Waals surface area contributed by atoms with Crippen LogP contribution in [0.5, 0.6) is 0 Å². The molecule has 4 aromatic heterocycles. The van der Waals surface area contributed by atoms with Crippen molar-refractivity contribution in [3.63, 3.8) is 0 Å². The van der Waals surface area contributed by atoms with Crippen LogP contribution in [0.15, 0.2) is 37.2 Å². The number of halogens is 5. The number of nitrogens with one attached hydrogen (secondary N) is 5. The highest BCUT2D eigenvalue weighted by molar-refractivity contribution is 6.33. The Labute approximate surface area is 232 Å². The first-order valence-corrected chi connectivity index (χ1v) is 13.0. The van der Waals surface area contributed by atoms with E-state index < -0.39 is 22.9 Å². The molecule has 216 valence electrons. The Morgan fingerprint density at radius 1 is 0.775 bits per heavy atom. The van der Waals surface area contributed by atoms with Crippen molar-refractivity contribution in [1.29, 1.82) is 0 Å². The molecule has 2 spiro atoms. The lowest BCUT2D eigenvalue weighted by molar-refractivity contribution is -0.146. The summed E-state index contributed by atoms with van der Waals surface area (Å²) in [5.41, 5.74) is -0.438. The standard InChI is InChI=1S/C12H13F2N5.C6H4ClN3.C6H10F2N2.CH4/c13-12(14)5-18-11(12)2-4-19(6-11)10-8-1-3-15-9(8)16-7-17-10;7-5-4-1-2-8-6(4)10-3-9-5;7-6(8)4-10-5(6)1-2-9-3-5;/h1,3,7,18H,2,4-6H2,(H,15,16,17);1-3H,(H,8,9,10);9-10H,1-4H2;1H4. The van der Waals surface area contributed by atoms with Gasteiger partial charge in [-0.2, -0.15) is 0 Å². The quantitative estimate of drug-likeness (QED) is 0.171. The highest BCUT2D eigenvalue weighted by Crippen LogP contribution is 2.44. The van der Waals surface area contributed by atoms with Crippen LogP contribution in [0.25, 0.3) is 22.1 Å². The minimum absolute atomic E-state index is 0. The van der Waals surface area contributed by atoms with E-state index >= 15 is 0 Å². The lowest BCUT2D eigenvalue weighted by Crippen LogP contribution is -2.74. The van der Waals surface area contributed by atoms with Gasteiger partial charge in [0.2, 0.25) is 0 Å². The summed E-state index contributed by atoms with van der Waals surface area (Å²) in [4.78, 5) is 24.0. The lowest BCUT2D eigenvalue weighted by atomic mass is 9.83. The molecule has 40 heavy (non-hydrogen) atoms. The van der Waals surface area contributed by atoms with Crippen LogP contribution in [-0.2, 0) is 0 Å². The summed E-state index contributed by atoms with van der Waals surface area (Å²) in [6.45, 7) is 1.64. The molecule has 0 aromatic carbocycles. The van der Waals surface area contributed by atoms with Gasteiger partial charge in [-0.05, 0) is 31.5 Å². The van der Waals surface area contributed by atoms with Crippen molar-refractivity contribution in [3.8, 4) is 0 Å². The molecule has 5 N–H and O–H groups in total. The van der Waals surface area contributed by atoms with Crippen molar-refractivity contribution in [1.82, 2.24) is 45.9 Å². The van der Waals surface area contributed by atoms with Gasteiger partial charge in [0.1, 0.15) is 40.5 Å². The van der Waals surface area contributed by atoms with Crippen molar-refractivity contribution in [2.45, 2.75) is 43.2 Å². The van der Waals surface area contributed by atoms with E-state index in [0.717, 1.165) is 27.9 Å². The Kier molecular flexibility index (Phi) is 7.40. The maximum atomic E-state index is 13.7. The van der Waals surface area contributed by atoms with Crippen LogP contribution in [0, 0.1) is 0 Å². The van der Waals surface area contributed by atoms with Crippen LogP contribution in [0.1, 0.15) is 20.3 Å². The minimum Gasteiger partial charge on any atom is -0.354 e. The van der Waals surface area contributed by atoms with Crippen molar-refractivity contribution in [2.24, 2.45) is 0 Å². The second-order valence-electron chi connectivity index (χ2n) is 10.2. The molecule has 2 atom stereocenters. The third-order valence-electron chi connectivity index (χ3n) is 8.06. The summed E-state index contributed by atoms with van der Waals surface area (Å²) in [7, 11) is 0. The molecule has 4 saturated heterocycles. The van der Waals surface area contributed by atoms with Gasteiger partial charge in [0, 0.05) is 32.0 Å². The first-order chi connectivity index (χ1) is 18.7. The molecule has 4 aliphatic heterocycles. The van der Waals surface area contributed by atoms with Crippen molar-refractivity contribution in [2.75, 3.05) is 44.2 Å². The van der Waals surface area contributed by atoms with Crippen LogP contribution in [0.4, 0.5) is 23.4 Å². The summed E-state index contributed by atoms with van der Waals surface area (Å²) < 4.78 is 53.0. The maximum absolute atomic E-state index is 13.7. The van der Waals surface area contributed by atoms with Gasteiger partial charge in [-0.3, -0.25) is 10.6 Å². The highest BCUT2D eigenvalue weighted by Gasteiger charge is 2.64. The van der Waals surface area contributed by atoms with E-state index in [1.54, 1.807) is 12.4 Å². The molecule has 0 aliphatic carbocycles. The van der Waals surface area contributed by atoms with Crippen molar-refractivity contribution in [3.05, 3.63) is 42.3 Å². The van der Waals surface area contributed by atoms with Crippen LogP contribution < -0.4 is 20.9 Å². The van der Waals surface area contributed by atoms with Crippen LogP contribution in [0.2, 0.25) is 5.15 Å². The number of anilines is 1. The van der Waals surface area contributed by atoms with Gasteiger partial charge in [-0.25, -0.2) is 37.5 Å². The summed E-state index contributed by atoms with van der Waals surface area (Å²) in [6.07, 6.45) is 7.46. The average molecular weight is 583 g/mol. The van der Waals surface area contributed by atoms with E-state index in [1.165, 1.54) is 12.7 Å². The summed E-state index contributed by atoms with van der Waals surface area (Å²) in [5.74, 6) is -4.37. The van der Waals surface area contributed by atoms with Gasteiger partial charge in [-0.15, -0.1) is 0 Å². The largest absolute Gasteiger partial charge is 0.354 e. The van der Waals surface area contributed by atoms with Gasteiger partial charge in [0.15, 0.2) is 0 Å². The Balaban J connectivity index is 0.000000131. The molecule has 0 radical (unpaired) electrons. The number of aromatic nitrogens is 6. The number of hydrogen-bond donors (Lipinski definition) is 5. The molecule has 4 aromatic rings. The van der Waals surface area contributed by atoms with E-state index in [4.69, 9.17) is 11.6 Å². The van der Waals surface area contributed by atoms with Crippen LogP contribution in [0.3, 0.4) is 0 Å². The number of aromatic amines is 2. The van der Waals surface area contributed by atoms with Gasteiger partial charge < -0.3 is 20.2 Å². The van der Waals surface area contributed by atoms with E-state index in [0.29, 0.717) is 37.6 Å². The minimum atomic E-state index is -2.62. The third-order valence-corrected chi connectivity index (χ3v) is 8.36. The smallest absolute Gasteiger partial charge is 0.279 e. The molecule has 2 unspecified atom stereocenters. The van der Waals surface area contributed by atoms with Gasteiger partial charge in [-0.1, -0.05) is 19.0 Å². The Hall–Kier alpha value is -3.07. The summed E-state index contributed by atoms with van der Waals surface area (Å²) in [6, 6.07) is 3.72. The number of rotatable bonds is 1. The Bertz CT molecular complexity index is 1470.